The van der Waals surface area contributed by atoms with Crippen molar-refractivity contribution < 1.29 is 103 Å². The summed E-state index contributed by atoms with van der Waals surface area (Å²) in [7, 11) is 0. The lowest BCUT2D eigenvalue weighted by molar-refractivity contribution is -0.156. The number of unbranched alkanes of at least 4 members (excludes halogenated alkanes) is 2. The SMILES string of the molecule is CC1NC(=O)C(C)NC(=O)C(NC(=O)[C@@H](CCCCN)NC(=O)[C@H](CCCN(O)C=O)NC(=O)[C@@H](CC(=O)O)NC(=O)[C@H]2CCNC3C(NC(=O)CCC(=O)O)=Cc4cc(O)c(O)cc4N32)[C@@H](C)OC(=O)[C@H](CCCCN)NC(=O)[C@H](CCCN(O)C=O)NC1=O. The van der Waals surface area contributed by atoms with Gasteiger partial charge in [0.1, 0.15) is 66.6 Å². The van der Waals surface area contributed by atoms with Crippen LogP contribution in [0.5, 0.6) is 11.5 Å². The second-order valence-corrected chi connectivity index (χ2v) is 21.9. The maximum absolute atomic E-state index is 14.6. The van der Waals surface area contributed by atoms with E-state index in [9.17, 15) is 92.9 Å². The van der Waals surface area contributed by atoms with Crippen LogP contribution in [-0.2, 0) is 71.9 Å². The Morgan fingerprint density at radius 3 is 1.87 bits per heavy atom. The highest BCUT2D eigenvalue weighted by Gasteiger charge is 2.43. The normalized spacial score (nSPS) is 22.1. The van der Waals surface area contributed by atoms with Crippen LogP contribution in [0.1, 0.15) is 116 Å². The third-order valence-corrected chi connectivity index (χ3v) is 14.8. The smallest absolute Gasteiger partial charge is 0.328 e. The number of nitrogens with two attached hydrogens (primary N) is 2. The molecule has 3 aliphatic heterocycles. The van der Waals surface area contributed by atoms with Gasteiger partial charge in [-0.15, -0.1) is 0 Å². The average molecular weight is 1290 g/mol. The summed E-state index contributed by atoms with van der Waals surface area (Å²) in [5.74, 6) is -14.4. The summed E-state index contributed by atoms with van der Waals surface area (Å²) in [6.45, 7) is 3.31. The molecule has 3 aliphatic rings. The second kappa shape index (κ2) is 36.4. The monoisotopic (exact) mass is 1290 g/mol. The van der Waals surface area contributed by atoms with Gasteiger partial charge < -0.3 is 89.4 Å². The number of hydrogen-bond acceptors (Lipinski definition) is 23. The number of carbonyl (C=O) groups excluding carboxylic acids is 12. The van der Waals surface area contributed by atoms with E-state index in [4.69, 9.17) is 21.3 Å². The van der Waals surface area contributed by atoms with Crippen molar-refractivity contribution >= 4 is 95.7 Å². The van der Waals surface area contributed by atoms with Crippen LogP contribution >= 0.6 is 0 Å². The fraction of sp³-hybridized carbons (Fsp3) is 0.600. The van der Waals surface area contributed by atoms with Crippen LogP contribution in [0.3, 0.4) is 0 Å². The molecule has 91 heavy (non-hydrogen) atoms. The van der Waals surface area contributed by atoms with Gasteiger partial charge in [0.15, 0.2) is 11.5 Å². The Labute approximate surface area is 521 Å². The van der Waals surface area contributed by atoms with Gasteiger partial charge in [-0.1, -0.05) is 0 Å². The minimum absolute atomic E-state index is 0.0389. The van der Waals surface area contributed by atoms with Crippen molar-refractivity contribution in [3.8, 4) is 11.5 Å². The number of carboxylic acids is 2. The molecular weight excluding hydrogens is 1210 g/mol. The van der Waals surface area contributed by atoms with E-state index in [1.165, 1.54) is 31.7 Å². The number of esters is 1. The molecule has 0 bridgehead atoms. The van der Waals surface area contributed by atoms with Crippen molar-refractivity contribution in [3.63, 3.8) is 0 Å². The van der Waals surface area contributed by atoms with Crippen molar-refractivity contribution in [1.82, 2.24) is 63.3 Å². The topological polar surface area (TPSA) is 552 Å². The number of benzene rings is 1. The van der Waals surface area contributed by atoms with Crippen LogP contribution in [0.25, 0.3) is 6.08 Å². The maximum Gasteiger partial charge on any atom is 0.328 e. The number of ether oxygens (including phenoxy) is 1. The molecule has 2 saturated heterocycles. The molecule has 0 aromatic heterocycles. The molecule has 4 rings (SSSR count). The van der Waals surface area contributed by atoms with Crippen molar-refractivity contribution in [1.29, 1.82) is 0 Å². The number of carbonyl (C=O) groups is 14. The predicted molar refractivity (Wildman–Crippen MR) is 313 cm³/mol. The number of phenolic OH excluding ortho intramolecular Hbond substituents is 2. The molecule has 1 aromatic carbocycles. The van der Waals surface area contributed by atoms with Crippen molar-refractivity contribution in [2.45, 2.75) is 177 Å². The summed E-state index contributed by atoms with van der Waals surface area (Å²) >= 11 is 0. The first-order valence-corrected chi connectivity index (χ1v) is 29.5. The van der Waals surface area contributed by atoms with Crippen molar-refractivity contribution in [2.24, 2.45) is 11.5 Å². The molecule has 0 aliphatic carbocycles. The largest absolute Gasteiger partial charge is 0.504 e. The lowest BCUT2D eigenvalue weighted by atomic mass is 9.95. The molecule has 1 aromatic rings. The van der Waals surface area contributed by atoms with Gasteiger partial charge >= 0.3 is 17.9 Å². The zero-order valence-corrected chi connectivity index (χ0v) is 50.5. The predicted octanol–water partition coefficient (Wildman–Crippen LogP) is -5.22. The van der Waals surface area contributed by atoms with Gasteiger partial charge in [-0.3, -0.25) is 78.1 Å². The van der Waals surface area contributed by atoms with E-state index in [-0.39, 0.29) is 119 Å². The standard InChI is InChI=1S/C55H83N15O21/c1-28-47(80)59-29(2)48(81)62-33(12-8-20-68(89)26-71)50(83)65-35(11-5-7-18-57)55(88)91-30(3)45(54(87)60-28)67-51(84)32(10-4-6-17-56)63-49(82)34(13-9-21-69(90)27-72)64-52(85)37(24-44(78)79)66-53(86)38-16-19-58-46-36(61-42(75)14-15-43(76)77)22-31-23-40(73)41(74)25-39(31)70(38)46/h22-23,25-30,32-35,37-38,45-46,58,73-74,89-90H,4-21,24,56-57H2,1-3H3,(H,59,80)(H,60,87)(H,61,75)(H,62,81)(H,63,82)(H,64,85)(H,65,83)(H,66,86)(H,67,84)(H,76,77)(H,78,79)/t28?,29?,30-,32-,33+,34+,35+,37-,38-,45?,46?/m1/s1. The molecule has 4 unspecified atom stereocenters. The van der Waals surface area contributed by atoms with E-state index in [1.807, 2.05) is 0 Å². The molecule has 2 fully saturated rings. The summed E-state index contributed by atoms with van der Waals surface area (Å²) in [6.07, 6.45) is -3.56. The third kappa shape index (κ3) is 22.9. The summed E-state index contributed by atoms with van der Waals surface area (Å²) < 4.78 is 5.75. The van der Waals surface area contributed by atoms with Gasteiger partial charge in [0.25, 0.3) is 0 Å². The fourth-order valence-electron chi connectivity index (χ4n) is 9.90. The number of nitrogens with zero attached hydrogens (tertiary/aromatic N) is 3. The molecule has 11 amide bonds. The Kier molecular flexibility index (Phi) is 29.7. The summed E-state index contributed by atoms with van der Waals surface area (Å²) in [4.78, 5) is 188. The number of aromatic hydroxyl groups is 2. The van der Waals surface area contributed by atoms with Crippen LogP contribution in [0.15, 0.2) is 17.8 Å². The summed E-state index contributed by atoms with van der Waals surface area (Å²) in [6, 6.07) is -12.1. The van der Waals surface area contributed by atoms with Crippen LogP contribution < -0.4 is 69.5 Å². The second-order valence-electron chi connectivity index (χ2n) is 21.9. The van der Waals surface area contributed by atoms with Crippen LogP contribution in [-0.4, -0.2) is 224 Å². The van der Waals surface area contributed by atoms with Gasteiger partial charge in [-0.25, -0.2) is 14.9 Å². The van der Waals surface area contributed by atoms with Gasteiger partial charge in [0.2, 0.25) is 66.0 Å². The minimum atomic E-state index is -1.98. The highest BCUT2D eigenvalue weighted by molar-refractivity contribution is 6.00. The van der Waals surface area contributed by atoms with E-state index < -0.39 is 181 Å². The average Bonchev–Trinajstić information content (AvgIpc) is 0.774. The quantitative estimate of drug-likeness (QED) is 0.00800. The zero-order chi connectivity index (χ0) is 67.6. The van der Waals surface area contributed by atoms with Gasteiger partial charge in [-0.05, 0) is 123 Å². The molecule has 36 nitrogen and oxygen atoms in total. The highest BCUT2D eigenvalue weighted by Crippen LogP contribution is 2.41. The van der Waals surface area contributed by atoms with Gasteiger partial charge in [0.05, 0.1) is 24.2 Å². The Morgan fingerprint density at radius 1 is 0.681 bits per heavy atom. The Morgan fingerprint density at radius 2 is 1.24 bits per heavy atom. The van der Waals surface area contributed by atoms with E-state index >= 15 is 0 Å². The molecule has 36 heteroatoms. The zero-order valence-electron chi connectivity index (χ0n) is 50.5. The van der Waals surface area contributed by atoms with Crippen molar-refractivity contribution in [3.05, 3.63) is 23.4 Å². The number of anilines is 1. The maximum atomic E-state index is 14.6. The molecule has 11 atom stereocenters. The van der Waals surface area contributed by atoms with Gasteiger partial charge in [0, 0.05) is 31.1 Å². The van der Waals surface area contributed by atoms with E-state index in [0.717, 1.165) is 12.1 Å². The van der Waals surface area contributed by atoms with Crippen LogP contribution in [0, 0.1) is 0 Å². The number of rotatable bonds is 32. The Balaban J connectivity index is 1.68. The molecule has 0 spiro atoms. The number of phenols is 2. The van der Waals surface area contributed by atoms with Gasteiger partial charge in [-0.2, -0.15) is 0 Å². The number of hydroxylamine groups is 4. The number of fused-ring (bicyclic) bond motifs is 3. The molecule has 0 saturated carbocycles. The first-order valence-electron chi connectivity index (χ1n) is 29.5. The third-order valence-electron chi connectivity index (χ3n) is 14.8. The number of nitrogens with one attached hydrogen (secondary N) is 10. The summed E-state index contributed by atoms with van der Waals surface area (Å²) in [5, 5.41) is 85.7. The molecule has 3 heterocycles. The number of hydrogen-bond donors (Lipinski definition) is 18. The van der Waals surface area contributed by atoms with E-state index in [0.29, 0.717) is 11.5 Å². The van der Waals surface area contributed by atoms with Crippen molar-refractivity contribution in [2.75, 3.05) is 37.6 Å². The van der Waals surface area contributed by atoms with Crippen LogP contribution in [0.2, 0.25) is 0 Å². The van der Waals surface area contributed by atoms with E-state index in [1.54, 1.807) is 0 Å². The first kappa shape index (κ1) is 74.2. The number of carboxylic acid groups (broad SMARTS) is 2. The molecule has 20 N–H and O–H groups in total. The van der Waals surface area contributed by atoms with Crippen LogP contribution in [0.4, 0.5) is 5.69 Å². The minimum Gasteiger partial charge on any atom is -0.504 e. The number of cyclic esters (lactones) is 1. The molecule has 504 valence electrons. The number of aliphatic carboxylic acids is 2. The fourth-order valence-corrected chi connectivity index (χ4v) is 9.90. The highest BCUT2D eigenvalue weighted by atomic mass is 16.5. The lowest BCUT2D eigenvalue weighted by Crippen LogP contribution is -2.65. The first-order chi connectivity index (χ1) is 43.1. The molecular formula is C55H83N15O21. The number of amides is 11. The lowest BCUT2D eigenvalue weighted by Gasteiger charge is -2.47. The Hall–Kier alpha value is -9.26. The molecule has 0 radical (unpaired) electrons. The van der Waals surface area contributed by atoms with E-state index in [2.05, 4.69) is 53.2 Å². The Bertz CT molecular complexity index is 2850. The summed E-state index contributed by atoms with van der Waals surface area (Å²) in [5.41, 5.74) is 11.8.